The molecule has 0 atom stereocenters. The van der Waals surface area contributed by atoms with Crippen molar-refractivity contribution < 1.29 is 9.53 Å². The number of nitrogens with zero attached hydrogens (tertiary/aromatic N) is 5. The van der Waals surface area contributed by atoms with Crippen LogP contribution in [0, 0.1) is 0 Å². The van der Waals surface area contributed by atoms with Gasteiger partial charge in [0.25, 0.3) is 5.91 Å². The molecule has 1 saturated heterocycles. The fraction of sp³-hybridized carbons (Fsp3) is 0.444. The van der Waals surface area contributed by atoms with Crippen LogP contribution in [0.15, 0.2) is 42.0 Å². The molecule has 0 unspecified atom stereocenters. The summed E-state index contributed by atoms with van der Waals surface area (Å²) in [6.07, 6.45) is 8.17. The molecule has 0 saturated carbocycles. The van der Waals surface area contributed by atoms with Crippen LogP contribution in [0.2, 0.25) is 0 Å². The Labute approximate surface area is 210 Å². The molecule has 7 nitrogen and oxygen atoms in total. The Morgan fingerprint density at radius 2 is 1.83 bits per heavy atom. The van der Waals surface area contributed by atoms with Gasteiger partial charge in [-0.3, -0.25) is 9.69 Å². The smallest absolute Gasteiger partial charge is 0.264 e. The lowest BCUT2D eigenvalue weighted by molar-refractivity contribution is 0.0737. The van der Waals surface area contributed by atoms with Crippen LogP contribution in [0.3, 0.4) is 0 Å². The van der Waals surface area contributed by atoms with Gasteiger partial charge in [-0.2, -0.15) is 0 Å². The number of aryl methyl sites for hydroxylation is 1. The highest BCUT2D eigenvalue weighted by atomic mass is 32.1. The summed E-state index contributed by atoms with van der Waals surface area (Å²) < 4.78 is 6.04. The summed E-state index contributed by atoms with van der Waals surface area (Å²) in [7, 11) is 0. The standard InChI is InChI=1S/C27H31N5O2S/c33-26(25-23-5-2-1-4-21(23)19-35-25)32-14-15-34-24-7-6-20(16-22(24)18-32)17-30-10-12-31(13-11-30)27-28-8-3-9-29-27/h3,6-9,16,19H,1-2,4-5,10-15,17-18H2. The third kappa shape index (κ3) is 4.77. The van der Waals surface area contributed by atoms with Crippen molar-refractivity contribution in [3.05, 3.63) is 69.2 Å². The monoisotopic (exact) mass is 489 g/mol. The molecule has 0 spiro atoms. The Kier molecular flexibility index (Phi) is 6.39. The average molecular weight is 490 g/mol. The van der Waals surface area contributed by atoms with Crippen LogP contribution >= 0.6 is 11.3 Å². The normalized spacial score (nSPS) is 18.4. The number of carbonyl (C=O) groups is 1. The minimum absolute atomic E-state index is 0.166. The van der Waals surface area contributed by atoms with Gasteiger partial charge >= 0.3 is 0 Å². The molecule has 4 heterocycles. The second-order valence-corrected chi connectivity index (χ2v) is 10.5. The summed E-state index contributed by atoms with van der Waals surface area (Å²) in [5.74, 6) is 1.88. The highest BCUT2D eigenvalue weighted by Gasteiger charge is 2.27. The summed E-state index contributed by atoms with van der Waals surface area (Å²) in [6, 6.07) is 8.33. The number of anilines is 1. The van der Waals surface area contributed by atoms with Crippen molar-refractivity contribution in [2.75, 3.05) is 44.2 Å². The number of hydrogen-bond donors (Lipinski definition) is 0. The van der Waals surface area contributed by atoms with Gasteiger partial charge in [0, 0.05) is 57.2 Å². The third-order valence-electron chi connectivity index (χ3n) is 7.30. The molecule has 3 aliphatic rings. The molecule has 2 aliphatic heterocycles. The van der Waals surface area contributed by atoms with E-state index in [9.17, 15) is 4.79 Å². The quantitative estimate of drug-likeness (QED) is 0.556. The minimum Gasteiger partial charge on any atom is -0.491 e. The first-order valence-electron chi connectivity index (χ1n) is 12.6. The Morgan fingerprint density at radius 3 is 2.69 bits per heavy atom. The number of amides is 1. The summed E-state index contributed by atoms with van der Waals surface area (Å²) in [6.45, 7) is 6.45. The van der Waals surface area contributed by atoms with E-state index in [1.165, 1.54) is 29.5 Å². The molecule has 0 radical (unpaired) electrons. The zero-order chi connectivity index (χ0) is 23.6. The summed E-state index contributed by atoms with van der Waals surface area (Å²) in [5.41, 5.74) is 5.05. The number of carbonyl (C=O) groups excluding carboxylic acids is 1. The van der Waals surface area contributed by atoms with E-state index in [1.54, 1.807) is 23.7 Å². The Morgan fingerprint density at radius 1 is 1.00 bits per heavy atom. The van der Waals surface area contributed by atoms with Gasteiger partial charge in [-0.05, 0) is 66.0 Å². The van der Waals surface area contributed by atoms with Crippen LogP contribution in [0.5, 0.6) is 5.75 Å². The third-order valence-corrected chi connectivity index (χ3v) is 8.36. The predicted octanol–water partition coefficient (Wildman–Crippen LogP) is 3.77. The Balaban J connectivity index is 1.12. The molecule has 35 heavy (non-hydrogen) atoms. The molecule has 1 aliphatic carbocycles. The highest BCUT2D eigenvalue weighted by molar-refractivity contribution is 7.12. The maximum Gasteiger partial charge on any atom is 0.264 e. The van der Waals surface area contributed by atoms with Gasteiger partial charge in [0.1, 0.15) is 12.4 Å². The summed E-state index contributed by atoms with van der Waals surface area (Å²) in [4.78, 5) is 29.9. The van der Waals surface area contributed by atoms with Gasteiger partial charge in [-0.1, -0.05) is 6.07 Å². The zero-order valence-electron chi connectivity index (χ0n) is 20.0. The number of aromatic nitrogens is 2. The summed E-state index contributed by atoms with van der Waals surface area (Å²) in [5, 5.41) is 2.20. The number of piperazine rings is 1. The van der Waals surface area contributed by atoms with E-state index in [4.69, 9.17) is 4.74 Å². The lowest BCUT2D eigenvalue weighted by Crippen LogP contribution is -2.46. The molecule has 8 heteroatoms. The summed E-state index contributed by atoms with van der Waals surface area (Å²) >= 11 is 1.63. The lowest BCUT2D eigenvalue weighted by Gasteiger charge is -2.34. The van der Waals surface area contributed by atoms with Gasteiger partial charge in [0.2, 0.25) is 5.95 Å². The topological polar surface area (TPSA) is 61.8 Å². The average Bonchev–Trinajstić information content (AvgIpc) is 3.22. The second kappa shape index (κ2) is 9.95. The fourth-order valence-corrected chi connectivity index (χ4v) is 6.51. The SMILES string of the molecule is O=C(c1scc2c1CCCC2)N1CCOc2ccc(CN3CCN(c4ncccn4)CC3)cc2C1. The van der Waals surface area contributed by atoms with Crippen molar-refractivity contribution in [1.29, 1.82) is 0 Å². The molecule has 3 aromatic rings. The van der Waals surface area contributed by atoms with E-state index in [1.807, 2.05) is 11.0 Å². The van der Waals surface area contributed by atoms with E-state index in [-0.39, 0.29) is 5.91 Å². The van der Waals surface area contributed by atoms with Crippen molar-refractivity contribution in [2.24, 2.45) is 0 Å². The van der Waals surface area contributed by atoms with Crippen molar-refractivity contribution in [3.8, 4) is 5.75 Å². The van der Waals surface area contributed by atoms with Gasteiger partial charge in [0.15, 0.2) is 0 Å². The van der Waals surface area contributed by atoms with E-state index >= 15 is 0 Å². The molecule has 6 rings (SSSR count). The molecule has 0 N–H and O–H groups in total. The van der Waals surface area contributed by atoms with E-state index < -0.39 is 0 Å². The van der Waals surface area contributed by atoms with E-state index in [2.05, 4.69) is 43.3 Å². The lowest BCUT2D eigenvalue weighted by atomic mass is 9.93. The predicted molar refractivity (Wildman–Crippen MR) is 137 cm³/mol. The van der Waals surface area contributed by atoms with Crippen LogP contribution in [0.25, 0.3) is 0 Å². The van der Waals surface area contributed by atoms with Crippen LogP contribution < -0.4 is 9.64 Å². The van der Waals surface area contributed by atoms with Crippen LogP contribution in [-0.2, 0) is 25.9 Å². The van der Waals surface area contributed by atoms with Crippen LogP contribution in [0.1, 0.15) is 44.8 Å². The zero-order valence-corrected chi connectivity index (χ0v) is 20.8. The number of rotatable bonds is 4. The molecule has 1 aromatic carbocycles. The van der Waals surface area contributed by atoms with Crippen molar-refractivity contribution in [3.63, 3.8) is 0 Å². The maximum absolute atomic E-state index is 13.5. The van der Waals surface area contributed by atoms with Gasteiger partial charge in [-0.15, -0.1) is 11.3 Å². The van der Waals surface area contributed by atoms with Crippen molar-refractivity contribution >= 4 is 23.2 Å². The maximum atomic E-state index is 13.5. The molecule has 1 amide bonds. The first-order valence-corrected chi connectivity index (χ1v) is 13.5. The second-order valence-electron chi connectivity index (χ2n) is 9.60. The number of thiophene rings is 1. The molecular weight excluding hydrogens is 458 g/mol. The van der Waals surface area contributed by atoms with Gasteiger partial charge in [0.05, 0.1) is 11.4 Å². The number of fused-ring (bicyclic) bond motifs is 2. The first kappa shape index (κ1) is 22.5. The number of hydrogen-bond acceptors (Lipinski definition) is 7. The van der Waals surface area contributed by atoms with Crippen LogP contribution in [0.4, 0.5) is 5.95 Å². The molecule has 1 fully saturated rings. The number of ether oxygens (including phenoxy) is 1. The van der Waals surface area contributed by atoms with E-state index in [0.29, 0.717) is 19.7 Å². The number of benzene rings is 1. The molecular formula is C27H31N5O2S. The van der Waals surface area contributed by atoms with E-state index in [0.717, 1.165) is 67.7 Å². The minimum atomic E-state index is 0.166. The first-order chi connectivity index (χ1) is 17.2. The van der Waals surface area contributed by atoms with Crippen LogP contribution in [-0.4, -0.2) is 65.0 Å². The van der Waals surface area contributed by atoms with Crippen molar-refractivity contribution in [1.82, 2.24) is 19.8 Å². The van der Waals surface area contributed by atoms with Crippen molar-refractivity contribution in [2.45, 2.75) is 38.8 Å². The molecule has 2 aromatic heterocycles. The van der Waals surface area contributed by atoms with Gasteiger partial charge < -0.3 is 14.5 Å². The molecule has 0 bridgehead atoms. The largest absolute Gasteiger partial charge is 0.491 e. The highest BCUT2D eigenvalue weighted by Crippen LogP contribution is 2.32. The van der Waals surface area contributed by atoms with Gasteiger partial charge in [-0.25, -0.2) is 9.97 Å². The Hall–Kier alpha value is -2.97. The fourth-order valence-electron chi connectivity index (χ4n) is 5.38. The Bertz CT molecular complexity index is 1190. The molecule has 182 valence electrons.